The first-order chi connectivity index (χ1) is 7.20. The molecule has 86 valence electrons. The van der Waals surface area contributed by atoms with Gasteiger partial charge in [0.1, 0.15) is 0 Å². The molecule has 0 aliphatic heterocycles. The Morgan fingerprint density at radius 2 is 2.07 bits per heavy atom. The van der Waals surface area contributed by atoms with Crippen LogP contribution in [0.15, 0.2) is 12.2 Å². The maximum absolute atomic E-state index is 3.73. The smallest absolute Gasteiger partial charge is 0.00729 e. The monoisotopic (exact) mass is 207 g/mol. The molecule has 0 aromatic carbocycles. The minimum Gasteiger partial charge on any atom is -0.314 e. The van der Waals surface area contributed by atoms with Crippen molar-refractivity contribution in [2.24, 2.45) is 23.7 Å². The maximum atomic E-state index is 3.73. The van der Waals surface area contributed by atoms with Crippen molar-refractivity contribution >= 4 is 0 Å². The van der Waals surface area contributed by atoms with E-state index in [4.69, 9.17) is 0 Å². The van der Waals surface area contributed by atoms with E-state index in [1.54, 1.807) is 0 Å². The molecule has 1 nitrogen and oxygen atoms in total. The summed E-state index contributed by atoms with van der Waals surface area (Å²) >= 11 is 0. The molecule has 0 saturated heterocycles. The van der Waals surface area contributed by atoms with Crippen LogP contribution in [0.25, 0.3) is 0 Å². The number of fused-ring (bicyclic) bond motifs is 2. The summed E-state index contributed by atoms with van der Waals surface area (Å²) in [5, 5.41) is 3.73. The number of allylic oxidation sites excluding steroid dienone is 2. The lowest BCUT2D eigenvalue weighted by Crippen LogP contribution is -2.37. The molecule has 0 aromatic rings. The van der Waals surface area contributed by atoms with E-state index < -0.39 is 0 Å². The minimum absolute atomic E-state index is 0.707. The highest BCUT2D eigenvalue weighted by Crippen LogP contribution is 2.44. The van der Waals surface area contributed by atoms with E-state index in [1.165, 1.54) is 25.8 Å². The molecule has 1 fully saturated rings. The van der Waals surface area contributed by atoms with Crippen molar-refractivity contribution in [3.8, 4) is 0 Å². The van der Waals surface area contributed by atoms with Gasteiger partial charge in [0.15, 0.2) is 0 Å². The molecule has 0 radical (unpaired) electrons. The molecule has 0 spiro atoms. The normalized spacial score (nSPS) is 37.1. The summed E-state index contributed by atoms with van der Waals surface area (Å²) in [6.45, 7) is 8.18. The zero-order chi connectivity index (χ0) is 10.8. The molecule has 5 unspecified atom stereocenters. The number of rotatable bonds is 5. The molecule has 1 heteroatoms. The second-order valence-electron chi connectivity index (χ2n) is 5.65. The quantitative estimate of drug-likeness (QED) is 0.683. The second-order valence-corrected chi connectivity index (χ2v) is 5.65. The van der Waals surface area contributed by atoms with Crippen molar-refractivity contribution in [2.75, 3.05) is 6.54 Å². The van der Waals surface area contributed by atoms with Gasteiger partial charge in [0.2, 0.25) is 0 Å². The highest BCUT2D eigenvalue weighted by molar-refractivity contribution is 5.11. The average molecular weight is 207 g/mol. The summed E-state index contributed by atoms with van der Waals surface area (Å²) in [4.78, 5) is 0. The van der Waals surface area contributed by atoms with Crippen molar-refractivity contribution in [1.82, 2.24) is 5.32 Å². The lowest BCUT2D eigenvalue weighted by molar-refractivity contribution is 0.312. The number of hydrogen-bond donors (Lipinski definition) is 1. The van der Waals surface area contributed by atoms with Gasteiger partial charge in [-0.3, -0.25) is 0 Å². The fraction of sp³-hybridized carbons (Fsp3) is 0.857. The van der Waals surface area contributed by atoms with E-state index in [9.17, 15) is 0 Å². The topological polar surface area (TPSA) is 12.0 Å². The van der Waals surface area contributed by atoms with Gasteiger partial charge in [0, 0.05) is 6.04 Å². The summed E-state index contributed by atoms with van der Waals surface area (Å²) in [6, 6.07) is 0.707. The fourth-order valence-electron chi connectivity index (χ4n) is 3.08. The first-order valence-corrected chi connectivity index (χ1v) is 6.62. The molecule has 5 atom stereocenters. The first-order valence-electron chi connectivity index (χ1n) is 6.62. The Balaban J connectivity index is 1.77. The van der Waals surface area contributed by atoms with Crippen LogP contribution in [-0.4, -0.2) is 12.6 Å². The van der Waals surface area contributed by atoms with Gasteiger partial charge in [0.25, 0.3) is 0 Å². The van der Waals surface area contributed by atoms with Gasteiger partial charge in [-0.15, -0.1) is 0 Å². The van der Waals surface area contributed by atoms with Crippen LogP contribution >= 0.6 is 0 Å². The van der Waals surface area contributed by atoms with E-state index in [0.717, 1.165) is 23.7 Å². The summed E-state index contributed by atoms with van der Waals surface area (Å²) in [5.74, 6) is 3.52. The molecule has 2 aliphatic rings. The zero-order valence-corrected chi connectivity index (χ0v) is 10.4. The predicted octanol–water partition coefficient (Wildman–Crippen LogP) is 3.22. The highest BCUT2D eigenvalue weighted by atomic mass is 14.9. The van der Waals surface area contributed by atoms with Crippen LogP contribution in [0.2, 0.25) is 0 Å². The summed E-state index contributed by atoms with van der Waals surface area (Å²) in [5.41, 5.74) is 0. The predicted molar refractivity (Wildman–Crippen MR) is 65.8 cm³/mol. The van der Waals surface area contributed by atoms with E-state index in [0.29, 0.717) is 6.04 Å². The molecular formula is C14H25N. The Bertz CT molecular complexity index is 233. The van der Waals surface area contributed by atoms with Crippen molar-refractivity contribution in [2.45, 2.75) is 46.1 Å². The lowest BCUT2D eigenvalue weighted by atomic mass is 9.87. The minimum atomic E-state index is 0.707. The van der Waals surface area contributed by atoms with Crippen LogP contribution in [0.4, 0.5) is 0 Å². The molecule has 2 rings (SSSR count). The lowest BCUT2D eigenvalue weighted by Gasteiger charge is -2.27. The summed E-state index contributed by atoms with van der Waals surface area (Å²) in [6.07, 6.45) is 9.04. The molecule has 15 heavy (non-hydrogen) atoms. The largest absolute Gasteiger partial charge is 0.314 e. The standard InChI is InChI=1S/C14H25N/c1-4-10(2)9-15-11(3)14-8-12-5-6-13(14)7-12/h5-6,10-15H,4,7-9H2,1-3H3. The summed E-state index contributed by atoms with van der Waals surface area (Å²) in [7, 11) is 0. The Labute approximate surface area is 94.3 Å². The molecule has 0 aromatic heterocycles. The zero-order valence-electron chi connectivity index (χ0n) is 10.4. The van der Waals surface area contributed by atoms with E-state index in [1.807, 2.05) is 0 Å². The van der Waals surface area contributed by atoms with Gasteiger partial charge in [-0.1, -0.05) is 32.4 Å². The third-order valence-corrected chi connectivity index (χ3v) is 4.46. The van der Waals surface area contributed by atoms with Gasteiger partial charge in [-0.05, 0) is 50.0 Å². The Hall–Kier alpha value is -0.300. The fourth-order valence-corrected chi connectivity index (χ4v) is 3.08. The first kappa shape index (κ1) is 11.2. The molecule has 2 aliphatic carbocycles. The van der Waals surface area contributed by atoms with Gasteiger partial charge in [-0.2, -0.15) is 0 Å². The van der Waals surface area contributed by atoms with Crippen LogP contribution < -0.4 is 5.32 Å². The van der Waals surface area contributed by atoms with Crippen molar-refractivity contribution in [3.63, 3.8) is 0 Å². The molecule has 1 saturated carbocycles. The molecule has 2 bridgehead atoms. The third kappa shape index (κ3) is 2.44. The van der Waals surface area contributed by atoms with Crippen LogP contribution in [0, 0.1) is 23.7 Å². The number of nitrogens with one attached hydrogen (secondary N) is 1. The Kier molecular flexibility index (Phi) is 3.50. The average Bonchev–Trinajstić information content (AvgIpc) is 2.86. The van der Waals surface area contributed by atoms with Gasteiger partial charge in [0.05, 0.1) is 0 Å². The van der Waals surface area contributed by atoms with Crippen molar-refractivity contribution in [3.05, 3.63) is 12.2 Å². The Morgan fingerprint density at radius 3 is 2.60 bits per heavy atom. The van der Waals surface area contributed by atoms with Crippen LogP contribution in [0.5, 0.6) is 0 Å². The Morgan fingerprint density at radius 1 is 1.27 bits per heavy atom. The molecular weight excluding hydrogens is 182 g/mol. The number of hydrogen-bond acceptors (Lipinski definition) is 1. The SMILES string of the molecule is CCC(C)CNC(C)C1CC2C=CC1C2. The van der Waals surface area contributed by atoms with Gasteiger partial charge >= 0.3 is 0 Å². The van der Waals surface area contributed by atoms with Crippen molar-refractivity contribution in [1.29, 1.82) is 0 Å². The third-order valence-electron chi connectivity index (χ3n) is 4.46. The van der Waals surface area contributed by atoms with Crippen LogP contribution in [-0.2, 0) is 0 Å². The molecule has 0 amide bonds. The maximum Gasteiger partial charge on any atom is 0.00729 e. The van der Waals surface area contributed by atoms with Crippen LogP contribution in [0.1, 0.15) is 40.0 Å². The van der Waals surface area contributed by atoms with Crippen molar-refractivity contribution < 1.29 is 0 Å². The second kappa shape index (κ2) is 4.69. The van der Waals surface area contributed by atoms with Gasteiger partial charge < -0.3 is 5.32 Å². The molecule has 1 N–H and O–H groups in total. The van der Waals surface area contributed by atoms with E-state index in [2.05, 4.69) is 38.2 Å². The van der Waals surface area contributed by atoms with Gasteiger partial charge in [-0.25, -0.2) is 0 Å². The summed E-state index contributed by atoms with van der Waals surface area (Å²) < 4.78 is 0. The van der Waals surface area contributed by atoms with E-state index >= 15 is 0 Å². The molecule has 0 heterocycles. The van der Waals surface area contributed by atoms with Crippen LogP contribution in [0.3, 0.4) is 0 Å². The van der Waals surface area contributed by atoms with E-state index in [-0.39, 0.29) is 0 Å². The highest BCUT2D eigenvalue weighted by Gasteiger charge is 2.38.